The van der Waals surface area contributed by atoms with Crippen molar-refractivity contribution in [3.05, 3.63) is 24.6 Å². The highest BCUT2D eigenvalue weighted by Gasteiger charge is 1.98. The topological polar surface area (TPSA) is 38.0 Å². The van der Waals surface area contributed by atoms with Crippen molar-refractivity contribution in [2.45, 2.75) is 64.7 Å². The van der Waals surface area contributed by atoms with Crippen LogP contribution in [0.25, 0.3) is 0 Å². The predicted octanol–water partition coefficient (Wildman–Crippen LogP) is 4.09. The lowest BCUT2D eigenvalue weighted by Gasteiger charge is -2.11. The van der Waals surface area contributed by atoms with Crippen molar-refractivity contribution in [3.63, 3.8) is 0 Å². The van der Waals surface area contributed by atoms with Crippen molar-refractivity contribution in [1.82, 2.24) is 5.32 Å². The van der Waals surface area contributed by atoms with E-state index in [1.165, 1.54) is 38.5 Å². The first-order valence-corrected chi connectivity index (χ1v) is 7.03. The molecule has 0 fully saturated rings. The van der Waals surface area contributed by atoms with Gasteiger partial charge in [0.2, 0.25) is 0 Å². The lowest BCUT2D eigenvalue weighted by Crippen LogP contribution is -2.11. The maximum atomic E-state index is 5.45. The van der Waals surface area contributed by atoms with Crippen LogP contribution < -0.4 is 11.1 Å². The van der Waals surface area contributed by atoms with Gasteiger partial charge in [0.15, 0.2) is 0 Å². The fraction of sp³-hybridized carbons (Fsp3) is 0.733. The normalized spacial score (nSPS) is 10.2. The van der Waals surface area contributed by atoms with E-state index in [1.54, 1.807) is 0 Å². The van der Waals surface area contributed by atoms with E-state index in [0.717, 1.165) is 37.2 Å². The number of allylic oxidation sites excluding steroid dienone is 2. The van der Waals surface area contributed by atoms with Crippen LogP contribution in [0.2, 0.25) is 0 Å². The SMILES string of the molecule is C=C(CCCCC)NC(=C)CCCCCCN. The predicted molar refractivity (Wildman–Crippen MR) is 77.7 cm³/mol. The molecular weight excluding hydrogens is 208 g/mol. The van der Waals surface area contributed by atoms with Crippen LogP contribution >= 0.6 is 0 Å². The Bertz CT molecular complexity index is 209. The van der Waals surface area contributed by atoms with Crippen molar-refractivity contribution in [2.24, 2.45) is 5.73 Å². The highest BCUT2D eigenvalue weighted by Crippen LogP contribution is 2.10. The molecule has 0 aromatic rings. The monoisotopic (exact) mass is 238 g/mol. The van der Waals surface area contributed by atoms with Gasteiger partial charge in [-0.3, -0.25) is 0 Å². The minimum atomic E-state index is 0.813. The second-order valence-electron chi connectivity index (χ2n) is 4.74. The van der Waals surface area contributed by atoms with E-state index in [1.807, 2.05) is 0 Å². The Kier molecular flexibility index (Phi) is 11.2. The van der Waals surface area contributed by atoms with Crippen LogP contribution in [0.4, 0.5) is 0 Å². The average molecular weight is 238 g/mol. The third-order valence-corrected chi connectivity index (χ3v) is 2.87. The van der Waals surface area contributed by atoms with Crippen LogP contribution in [0.15, 0.2) is 24.6 Å². The zero-order chi connectivity index (χ0) is 12.9. The van der Waals surface area contributed by atoms with Gasteiger partial charge in [0.05, 0.1) is 0 Å². The molecule has 0 atom stereocenters. The molecule has 3 N–H and O–H groups in total. The molecule has 0 aliphatic carbocycles. The van der Waals surface area contributed by atoms with Gasteiger partial charge in [-0.25, -0.2) is 0 Å². The fourth-order valence-electron chi connectivity index (χ4n) is 1.80. The number of nitrogens with one attached hydrogen (secondary N) is 1. The molecule has 0 rings (SSSR count). The van der Waals surface area contributed by atoms with E-state index in [4.69, 9.17) is 5.73 Å². The summed E-state index contributed by atoms with van der Waals surface area (Å²) in [6.07, 6.45) is 10.7. The Morgan fingerprint density at radius 2 is 1.41 bits per heavy atom. The summed E-state index contributed by atoms with van der Waals surface area (Å²) in [5.41, 5.74) is 7.68. The second kappa shape index (κ2) is 11.7. The summed E-state index contributed by atoms with van der Waals surface area (Å²) in [7, 11) is 0. The Labute approximate surface area is 107 Å². The number of hydrogen-bond acceptors (Lipinski definition) is 2. The fourth-order valence-corrected chi connectivity index (χ4v) is 1.80. The molecule has 0 radical (unpaired) electrons. The van der Waals surface area contributed by atoms with E-state index in [0.29, 0.717) is 0 Å². The third kappa shape index (κ3) is 11.5. The summed E-state index contributed by atoms with van der Waals surface area (Å²) in [5, 5.41) is 3.32. The molecule has 17 heavy (non-hydrogen) atoms. The Balaban J connectivity index is 3.41. The van der Waals surface area contributed by atoms with Crippen LogP contribution in [-0.2, 0) is 0 Å². The van der Waals surface area contributed by atoms with Crippen LogP contribution in [0, 0.1) is 0 Å². The number of rotatable bonds is 12. The largest absolute Gasteiger partial charge is 0.363 e. The zero-order valence-electron chi connectivity index (χ0n) is 11.6. The van der Waals surface area contributed by atoms with Gasteiger partial charge < -0.3 is 11.1 Å². The van der Waals surface area contributed by atoms with Gasteiger partial charge in [-0.15, -0.1) is 0 Å². The van der Waals surface area contributed by atoms with E-state index < -0.39 is 0 Å². The summed E-state index contributed by atoms with van der Waals surface area (Å²) in [4.78, 5) is 0. The maximum Gasteiger partial charge on any atom is 0.00755 e. The quantitative estimate of drug-likeness (QED) is 0.502. The maximum absolute atomic E-state index is 5.45. The molecule has 2 nitrogen and oxygen atoms in total. The van der Waals surface area contributed by atoms with Gasteiger partial charge in [-0.1, -0.05) is 45.8 Å². The first kappa shape index (κ1) is 16.2. The Morgan fingerprint density at radius 1 is 0.882 bits per heavy atom. The standard InChI is InChI=1S/C15H30N2/c1-4-5-8-11-14(2)17-15(3)12-9-6-7-10-13-16/h17H,2-13,16H2,1H3. The van der Waals surface area contributed by atoms with E-state index in [-0.39, 0.29) is 0 Å². The van der Waals surface area contributed by atoms with Crippen LogP contribution in [-0.4, -0.2) is 6.54 Å². The van der Waals surface area contributed by atoms with Gasteiger partial charge >= 0.3 is 0 Å². The number of unbranched alkanes of at least 4 members (excludes halogenated alkanes) is 5. The van der Waals surface area contributed by atoms with Crippen molar-refractivity contribution >= 4 is 0 Å². The van der Waals surface area contributed by atoms with Gasteiger partial charge in [0, 0.05) is 11.4 Å². The molecule has 0 saturated carbocycles. The lowest BCUT2D eigenvalue weighted by atomic mass is 10.1. The highest BCUT2D eigenvalue weighted by atomic mass is 14.9. The first-order valence-electron chi connectivity index (χ1n) is 7.03. The van der Waals surface area contributed by atoms with Crippen molar-refractivity contribution in [3.8, 4) is 0 Å². The van der Waals surface area contributed by atoms with Gasteiger partial charge in [-0.2, -0.15) is 0 Å². The Hall–Kier alpha value is -0.760. The minimum absolute atomic E-state index is 0.813. The van der Waals surface area contributed by atoms with E-state index >= 15 is 0 Å². The smallest absolute Gasteiger partial charge is 0.00755 e. The first-order chi connectivity index (χ1) is 8.20. The second-order valence-corrected chi connectivity index (χ2v) is 4.74. The number of nitrogens with two attached hydrogens (primary N) is 1. The van der Waals surface area contributed by atoms with E-state index in [2.05, 4.69) is 25.4 Å². The van der Waals surface area contributed by atoms with Crippen molar-refractivity contribution in [1.29, 1.82) is 0 Å². The molecule has 0 spiro atoms. The molecule has 0 heterocycles. The van der Waals surface area contributed by atoms with E-state index in [9.17, 15) is 0 Å². The molecule has 0 aromatic carbocycles. The molecule has 0 aliphatic rings. The third-order valence-electron chi connectivity index (χ3n) is 2.87. The zero-order valence-corrected chi connectivity index (χ0v) is 11.6. The van der Waals surface area contributed by atoms with Gasteiger partial charge in [-0.05, 0) is 38.6 Å². The molecule has 2 heteroatoms. The molecular formula is C15H30N2. The van der Waals surface area contributed by atoms with Crippen LogP contribution in [0.5, 0.6) is 0 Å². The Morgan fingerprint density at radius 3 is 1.94 bits per heavy atom. The summed E-state index contributed by atoms with van der Waals surface area (Å²) in [6.45, 7) is 11.1. The molecule has 0 unspecified atom stereocenters. The minimum Gasteiger partial charge on any atom is -0.363 e. The van der Waals surface area contributed by atoms with Crippen LogP contribution in [0.3, 0.4) is 0 Å². The van der Waals surface area contributed by atoms with Crippen LogP contribution in [0.1, 0.15) is 64.7 Å². The lowest BCUT2D eigenvalue weighted by molar-refractivity contribution is 0.628. The van der Waals surface area contributed by atoms with Crippen molar-refractivity contribution < 1.29 is 0 Å². The van der Waals surface area contributed by atoms with Gasteiger partial charge in [0.1, 0.15) is 0 Å². The molecule has 0 aliphatic heterocycles. The molecule has 100 valence electrons. The number of hydrogen-bond donors (Lipinski definition) is 2. The molecule has 0 bridgehead atoms. The van der Waals surface area contributed by atoms with Gasteiger partial charge in [0.25, 0.3) is 0 Å². The summed E-state index contributed by atoms with van der Waals surface area (Å²) < 4.78 is 0. The van der Waals surface area contributed by atoms with Crippen molar-refractivity contribution in [2.75, 3.05) is 6.54 Å². The highest BCUT2D eigenvalue weighted by molar-refractivity contribution is 5.04. The summed E-state index contributed by atoms with van der Waals surface area (Å²) in [6, 6.07) is 0. The molecule has 0 saturated heterocycles. The molecule has 0 amide bonds. The summed E-state index contributed by atoms with van der Waals surface area (Å²) >= 11 is 0. The summed E-state index contributed by atoms with van der Waals surface area (Å²) in [5.74, 6) is 0. The average Bonchev–Trinajstić information content (AvgIpc) is 2.29. The molecule has 0 aromatic heterocycles.